The van der Waals surface area contributed by atoms with Gasteiger partial charge in [0.25, 0.3) is 0 Å². The Morgan fingerprint density at radius 1 is 1.06 bits per heavy atom. The number of halogens is 1. The lowest BCUT2D eigenvalue weighted by atomic mass is 10.1. The Morgan fingerprint density at radius 2 is 1.91 bits per heavy atom. The lowest BCUT2D eigenvalue weighted by molar-refractivity contribution is 0.103. The summed E-state index contributed by atoms with van der Waals surface area (Å²) in [4.78, 5) is 17.7. The van der Waals surface area contributed by atoms with E-state index < -0.39 is 0 Å². The fourth-order valence-electron chi connectivity index (χ4n) is 3.61. The number of carbonyl (C=O) groups excluding carboxylic acids is 1. The topological polar surface area (TPSA) is 74.8 Å². The minimum Gasteiger partial charge on any atom is -0.497 e. The van der Waals surface area contributed by atoms with Gasteiger partial charge in [-0.2, -0.15) is 0 Å². The zero-order valence-corrected chi connectivity index (χ0v) is 17.9. The lowest BCUT2D eigenvalue weighted by Crippen LogP contribution is -2.02. The summed E-state index contributed by atoms with van der Waals surface area (Å²) in [6.45, 7) is 0.591. The first kappa shape index (κ1) is 20.0. The van der Waals surface area contributed by atoms with Gasteiger partial charge < -0.3 is 9.30 Å². The van der Waals surface area contributed by atoms with Crippen LogP contribution in [0.4, 0.5) is 0 Å². The zero-order valence-electron chi connectivity index (χ0n) is 17.1. The van der Waals surface area contributed by atoms with Crippen LogP contribution in [0.5, 0.6) is 5.75 Å². The van der Waals surface area contributed by atoms with E-state index in [0.717, 1.165) is 16.5 Å². The second-order valence-corrected chi connectivity index (χ2v) is 7.68. The van der Waals surface area contributed by atoms with Crippen LogP contribution in [0.1, 0.15) is 21.6 Å². The Kier molecular flexibility index (Phi) is 5.17. The molecule has 5 aromatic rings. The predicted octanol–water partition coefficient (Wildman–Crippen LogP) is 4.56. The molecule has 0 unspecified atom stereocenters. The van der Waals surface area contributed by atoms with Crippen LogP contribution in [0.25, 0.3) is 16.7 Å². The van der Waals surface area contributed by atoms with Crippen molar-refractivity contribution in [3.05, 3.63) is 101 Å². The maximum atomic E-state index is 13.4. The van der Waals surface area contributed by atoms with E-state index in [1.54, 1.807) is 25.6 Å². The van der Waals surface area contributed by atoms with Crippen molar-refractivity contribution in [1.82, 2.24) is 24.5 Å². The molecule has 0 aliphatic carbocycles. The van der Waals surface area contributed by atoms with Crippen molar-refractivity contribution in [1.29, 1.82) is 0 Å². The van der Waals surface area contributed by atoms with E-state index in [1.165, 1.54) is 4.68 Å². The van der Waals surface area contributed by atoms with Gasteiger partial charge in [0.05, 0.1) is 13.3 Å². The number of methoxy groups -OCH3 is 1. The van der Waals surface area contributed by atoms with Gasteiger partial charge >= 0.3 is 0 Å². The highest BCUT2D eigenvalue weighted by Gasteiger charge is 2.21. The molecule has 32 heavy (non-hydrogen) atoms. The number of aromatic nitrogens is 5. The molecule has 0 aliphatic heterocycles. The van der Waals surface area contributed by atoms with E-state index >= 15 is 0 Å². The third-order valence-electron chi connectivity index (χ3n) is 5.21. The number of fused-ring (bicyclic) bond motifs is 1. The van der Waals surface area contributed by atoms with E-state index in [2.05, 4.69) is 15.3 Å². The Morgan fingerprint density at radius 3 is 2.66 bits per heavy atom. The first-order valence-electron chi connectivity index (χ1n) is 9.92. The first-order valence-corrected chi connectivity index (χ1v) is 10.3. The van der Waals surface area contributed by atoms with Crippen LogP contribution >= 0.6 is 11.6 Å². The second kappa shape index (κ2) is 8.28. The maximum absolute atomic E-state index is 13.4. The van der Waals surface area contributed by atoms with E-state index in [9.17, 15) is 4.79 Å². The lowest BCUT2D eigenvalue weighted by Gasteiger charge is -2.06. The van der Waals surface area contributed by atoms with Crippen molar-refractivity contribution in [3.8, 4) is 11.6 Å². The molecule has 5 rings (SSSR count). The number of rotatable bonds is 6. The predicted molar refractivity (Wildman–Crippen MR) is 122 cm³/mol. The van der Waals surface area contributed by atoms with Crippen molar-refractivity contribution in [2.24, 2.45) is 0 Å². The molecule has 158 valence electrons. The molecule has 0 saturated carbocycles. The highest BCUT2D eigenvalue weighted by Crippen LogP contribution is 2.28. The summed E-state index contributed by atoms with van der Waals surface area (Å²) in [5.74, 6) is 1.04. The maximum Gasteiger partial charge on any atom is 0.217 e. The summed E-state index contributed by atoms with van der Waals surface area (Å²) in [7, 11) is 1.60. The molecule has 0 atom stereocenters. The van der Waals surface area contributed by atoms with Gasteiger partial charge in [-0.25, -0.2) is 9.67 Å². The molecule has 3 aromatic heterocycles. The van der Waals surface area contributed by atoms with Gasteiger partial charge in [-0.05, 0) is 48.0 Å². The molecule has 0 spiro atoms. The number of nitrogens with zero attached hydrogens (tertiary/aromatic N) is 5. The molecular formula is C24H18ClN5O2. The molecule has 0 aliphatic rings. The monoisotopic (exact) mass is 443 g/mol. The van der Waals surface area contributed by atoms with Crippen LogP contribution in [-0.2, 0) is 6.54 Å². The zero-order chi connectivity index (χ0) is 22.1. The highest BCUT2D eigenvalue weighted by atomic mass is 35.5. The third kappa shape index (κ3) is 3.74. The summed E-state index contributed by atoms with van der Waals surface area (Å²) >= 11 is 6.02. The Labute approximate surface area is 188 Å². The fraction of sp³-hybridized carbons (Fsp3) is 0.0833. The molecule has 0 bridgehead atoms. The van der Waals surface area contributed by atoms with Gasteiger partial charge in [0, 0.05) is 40.4 Å². The van der Waals surface area contributed by atoms with E-state index in [4.69, 9.17) is 16.3 Å². The summed E-state index contributed by atoms with van der Waals surface area (Å²) in [6.07, 6.45) is 5.10. The molecule has 8 heteroatoms. The normalized spacial score (nSPS) is 11.1. The average molecular weight is 444 g/mol. The number of benzene rings is 2. The molecule has 0 N–H and O–H groups in total. The van der Waals surface area contributed by atoms with E-state index in [0.29, 0.717) is 28.7 Å². The van der Waals surface area contributed by atoms with Crippen molar-refractivity contribution in [2.45, 2.75) is 6.54 Å². The third-order valence-corrected chi connectivity index (χ3v) is 5.46. The van der Waals surface area contributed by atoms with Crippen LogP contribution in [0, 0.1) is 0 Å². The van der Waals surface area contributed by atoms with Crippen LogP contribution in [0.2, 0.25) is 5.02 Å². The number of ether oxygens (including phenoxy) is 1. The summed E-state index contributed by atoms with van der Waals surface area (Å²) in [5, 5.41) is 9.63. The summed E-state index contributed by atoms with van der Waals surface area (Å²) < 4.78 is 8.91. The van der Waals surface area contributed by atoms with Gasteiger partial charge in [-0.15, -0.1) is 5.10 Å². The first-order chi connectivity index (χ1) is 15.6. The molecular weight excluding hydrogens is 426 g/mol. The smallest absolute Gasteiger partial charge is 0.217 e. The van der Waals surface area contributed by atoms with Crippen LogP contribution < -0.4 is 4.74 Å². The number of hydrogen-bond acceptors (Lipinski definition) is 5. The molecule has 2 aromatic carbocycles. The van der Waals surface area contributed by atoms with E-state index in [-0.39, 0.29) is 11.5 Å². The largest absolute Gasteiger partial charge is 0.497 e. The average Bonchev–Trinajstić information content (AvgIpc) is 3.46. The van der Waals surface area contributed by atoms with Crippen LogP contribution in [-0.4, -0.2) is 37.4 Å². The number of hydrogen-bond donors (Lipinski definition) is 0. The molecule has 0 fully saturated rings. The molecule has 7 nitrogen and oxygen atoms in total. The Bertz CT molecular complexity index is 1410. The fourth-order valence-corrected chi connectivity index (χ4v) is 3.73. The van der Waals surface area contributed by atoms with Crippen molar-refractivity contribution < 1.29 is 9.53 Å². The number of pyridine rings is 1. The van der Waals surface area contributed by atoms with Crippen molar-refractivity contribution in [3.63, 3.8) is 0 Å². The van der Waals surface area contributed by atoms with Gasteiger partial charge in [-0.1, -0.05) is 35.0 Å². The minimum atomic E-state index is -0.222. The highest BCUT2D eigenvalue weighted by molar-refractivity contribution is 6.30. The quantitative estimate of drug-likeness (QED) is 0.360. The Hall–Kier alpha value is -3.97. The summed E-state index contributed by atoms with van der Waals surface area (Å²) in [5.41, 5.74) is 2.76. The standard InChI is InChI=1S/C24H18ClN5O2/c1-32-18-9-10-22-19(12-18)20(14-29(22)13-16-5-7-17(25)8-6-16)24(31)21-15-30(28-27-21)23-4-2-3-11-26-23/h2-12,14-15H,13H2,1H3. The molecule has 3 heterocycles. The van der Waals surface area contributed by atoms with Gasteiger partial charge in [-0.3, -0.25) is 4.79 Å². The number of carbonyl (C=O) groups is 1. The van der Waals surface area contributed by atoms with Crippen LogP contribution in [0.15, 0.2) is 79.3 Å². The van der Waals surface area contributed by atoms with Gasteiger partial charge in [0.2, 0.25) is 5.78 Å². The summed E-state index contributed by atoms with van der Waals surface area (Å²) in [6, 6.07) is 18.8. The Balaban J connectivity index is 1.56. The van der Waals surface area contributed by atoms with Crippen molar-refractivity contribution in [2.75, 3.05) is 7.11 Å². The SMILES string of the molecule is COc1ccc2c(c1)c(C(=O)c1cn(-c3ccccn3)nn1)cn2Cc1ccc(Cl)cc1. The number of ketones is 1. The van der Waals surface area contributed by atoms with Gasteiger partial charge in [0.1, 0.15) is 5.75 Å². The molecule has 0 amide bonds. The molecule has 0 saturated heterocycles. The molecule has 0 radical (unpaired) electrons. The van der Waals surface area contributed by atoms with E-state index in [1.807, 2.05) is 65.4 Å². The second-order valence-electron chi connectivity index (χ2n) is 7.25. The van der Waals surface area contributed by atoms with Crippen molar-refractivity contribution >= 4 is 28.3 Å². The van der Waals surface area contributed by atoms with Gasteiger partial charge in [0.15, 0.2) is 11.5 Å². The minimum absolute atomic E-state index is 0.222. The van der Waals surface area contributed by atoms with Crippen LogP contribution in [0.3, 0.4) is 0 Å².